The van der Waals surface area contributed by atoms with Gasteiger partial charge in [-0.1, -0.05) is 25.5 Å². The summed E-state index contributed by atoms with van der Waals surface area (Å²) in [5.41, 5.74) is 1.36. The molecule has 0 saturated carbocycles. The van der Waals surface area contributed by atoms with Gasteiger partial charge in [0.25, 0.3) is 0 Å². The Morgan fingerprint density at radius 3 is 2.67 bits per heavy atom. The van der Waals surface area contributed by atoms with Gasteiger partial charge < -0.3 is 10.1 Å². The van der Waals surface area contributed by atoms with Gasteiger partial charge in [0, 0.05) is 18.6 Å². The standard InChI is InChI=1S/C18H30N2O/c1-4-13-21-18-10-8-16(9-11-18)15(2)20(3)14-17-7-5-6-12-19-17/h8-11,15,17,19H,4-7,12-14H2,1-3H3. The molecule has 0 aliphatic carbocycles. The predicted molar refractivity (Wildman–Crippen MR) is 88.9 cm³/mol. The first-order valence-corrected chi connectivity index (χ1v) is 8.37. The van der Waals surface area contributed by atoms with Gasteiger partial charge in [-0.05, 0) is 57.5 Å². The van der Waals surface area contributed by atoms with Crippen LogP contribution in [-0.2, 0) is 0 Å². The minimum atomic E-state index is 0.439. The Hall–Kier alpha value is -1.06. The van der Waals surface area contributed by atoms with Crippen molar-refractivity contribution in [2.75, 3.05) is 26.7 Å². The van der Waals surface area contributed by atoms with Crippen molar-refractivity contribution in [2.45, 2.75) is 51.6 Å². The fourth-order valence-corrected chi connectivity index (χ4v) is 2.90. The molecular weight excluding hydrogens is 260 g/mol. The van der Waals surface area contributed by atoms with E-state index in [9.17, 15) is 0 Å². The minimum absolute atomic E-state index is 0.439. The molecule has 1 N–H and O–H groups in total. The number of rotatable bonds is 7. The highest BCUT2D eigenvalue weighted by atomic mass is 16.5. The lowest BCUT2D eigenvalue weighted by Gasteiger charge is -2.32. The molecule has 118 valence electrons. The van der Waals surface area contributed by atoms with Crippen LogP contribution in [0.5, 0.6) is 5.75 Å². The maximum atomic E-state index is 5.65. The first-order chi connectivity index (χ1) is 10.2. The van der Waals surface area contributed by atoms with Crippen molar-refractivity contribution in [3.63, 3.8) is 0 Å². The maximum Gasteiger partial charge on any atom is 0.119 e. The second-order valence-electron chi connectivity index (χ2n) is 6.18. The summed E-state index contributed by atoms with van der Waals surface area (Å²) in [6, 6.07) is 9.66. The van der Waals surface area contributed by atoms with E-state index in [2.05, 4.69) is 55.4 Å². The first-order valence-electron chi connectivity index (χ1n) is 8.37. The summed E-state index contributed by atoms with van der Waals surface area (Å²) in [7, 11) is 2.22. The van der Waals surface area contributed by atoms with Gasteiger partial charge in [0.05, 0.1) is 6.61 Å². The topological polar surface area (TPSA) is 24.5 Å². The normalized spacial score (nSPS) is 20.5. The van der Waals surface area contributed by atoms with Gasteiger partial charge in [0.1, 0.15) is 5.75 Å². The van der Waals surface area contributed by atoms with Crippen LogP contribution in [-0.4, -0.2) is 37.7 Å². The van der Waals surface area contributed by atoms with E-state index in [1.54, 1.807) is 0 Å². The molecule has 0 spiro atoms. The van der Waals surface area contributed by atoms with Gasteiger partial charge in [0.15, 0.2) is 0 Å². The SMILES string of the molecule is CCCOc1ccc(C(C)N(C)CC2CCCCN2)cc1. The molecule has 1 saturated heterocycles. The van der Waals surface area contributed by atoms with Crippen molar-refractivity contribution in [1.82, 2.24) is 10.2 Å². The highest BCUT2D eigenvalue weighted by molar-refractivity contribution is 5.29. The van der Waals surface area contributed by atoms with E-state index < -0.39 is 0 Å². The van der Waals surface area contributed by atoms with Crippen LogP contribution >= 0.6 is 0 Å². The average Bonchev–Trinajstić information content (AvgIpc) is 2.53. The summed E-state index contributed by atoms with van der Waals surface area (Å²) >= 11 is 0. The molecule has 1 heterocycles. The Labute approximate surface area is 129 Å². The largest absolute Gasteiger partial charge is 0.494 e. The highest BCUT2D eigenvalue weighted by Crippen LogP contribution is 2.22. The minimum Gasteiger partial charge on any atom is -0.494 e. The van der Waals surface area contributed by atoms with Crippen LogP contribution in [0.15, 0.2) is 24.3 Å². The lowest BCUT2D eigenvalue weighted by Crippen LogP contribution is -2.43. The second-order valence-corrected chi connectivity index (χ2v) is 6.18. The third-order valence-electron chi connectivity index (χ3n) is 4.42. The van der Waals surface area contributed by atoms with E-state index in [-0.39, 0.29) is 0 Å². The molecule has 21 heavy (non-hydrogen) atoms. The molecule has 1 aliphatic rings. The van der Waals surface area contributed by atoms with Crippen LogP contribution in [0.2, 0.25) is 0 Å². The molecule has 2 rings (SSSR count). The van der Waals surface area contributed by atoms with Crippen molar-refractivity contribution >= 4 is 0 Å². The zero-order valence-electron chi connectivity index (χ0n) is 13.8. The number of likely N-dealkylation sites (N-methyl/N-ethyl adjacent to an activating group) is 1. The van der Waals surface area contributed by atoms with Crippen molar-refractivity contribution in [3.05, 3.63) is 29.8 Å². The Balaban J connectivity index is 1.87. The van der Waals surface area contributed by atoms with Crippen LogP contribution in [0.3, 0.4) is 0 Å². The van der Waals surface area contributed by atoms with Gasteiger partial charge in [-0.3, -0.25) is 4.90 Å². The third-order valence-corrected chi connectivity index (χ3v) is 4.42. The predicted octanol–water partition coefficient (Wildman–Crippen LogP) is 3.61. The number of hydrogen-bond donors (Lipinski definition) is 1. The molecule has 0 radical (unpaired) electrons. The van der Waals surface area contributed by atoms with Gasteiger partial charge in [-0.25, -0.2) is 0 Å². The molecule has 3 heteroatoms. The van der Waals surface area contributed by atoms with Crippen LogP contribution < -0.4 is 10.1 Å². The van der Waals surface area contributed by atoms with Crippen molar-refractivity contribution in [3.8, 4) is 5.75 Å². The second kappa shape index (κ2) is 8.40. The van der Waals surface area contributed by atoms with Crippen LogP contribution in [0.1, 0.15) is 51.1 Å². The number of hydrogen-bond acceptors (Lipinski definition) is 3. The van der Waals surface area contributed by atoms with Gasteiger partial charge in [-0.15, -0.1) is 0 Å². The fraction of sp³-hybridized carbons (Fsp3) is 0.667. The van der Waals surface area contributed by atoms with E-state index in [0.717, 1.165) is 25.3 Å². The van der Waals surface area contributed by atoms with E-state index >= 15 is 0 Å². The number of nitrogens with zero attached hydrogens (tertiary/aromatic N) is 1. The van der Waals surface area contributed by atoms with Gasteiger partial charge >= 0.3 is 0 Å². The molecule has 0 amide bonds. The molecule has 1 aromatic rings. The zero-order chi connectivity index (χ0) is 15.1. The van der Waals surface area contributed by atoms with Crippen molar-refractivity contribution in [2.24, 2.45) is 0 Å². The molecule has 1 aromatic carbocycles. The Morgan fingerprint density at radius 2 is 2.05 bits per heavy atom. The number of piperidine rings is 1. The fourth-order valence-electron chi connectivity index (χ4n) is 2.90. The zero-order valence-corrected chi connectivity index (χ0v) is 13.8. The Kier molecular flexibility index (Phi) is 6.52. The van der Waals surface area contributed by atoms with E-state index in [0.29, 0.717) is 12.1 Å². The monoisotopic (exact) mass is 290 g/mol. The van der Waals surface area contributed by atoms with E-state index in [1.165, 1.54) is 31.4 Å². The van der Waals surface area contributed by atoms with Crippen LogP contribution in [0.4, 0.5) is 0 Å². The summed E-state index contributed by atoms with van der Waals surface area (Å²) in [5, 5.41) is 3.63. The van der Waals surface area contributed by atoms with Crippen molar-refractivity contribution < 1.29 is 4.74 Å². The average molecular weight is 290 g/mol. The molecule has 1 aliphatic heterocycles. The van der Waals surface area contributed by atoms with Crippen LogP contribution in [0.25, 0.3) is 0 Å². The van der Waals surface area contributed by atoms with E-state index in [1.807, 2.05) is 0 Å². The maximum absolute atomic E-state index is 5.65. The number of ether oxygens (including phenoxy) is 1. The molecule has 2 atom stereocenters. The lowest BCUT2D eigenvalue weighted by atomic mass is 10.0. The molecule has 0 bridgehead atoms. The van der Waals surface area contributed by atoms with Gasteiger partial charge in [0.2, 0.25) is 0 Å². The highest BCUT2D eigenvalue weighted by Gasteiger charge is 2.18. The summed E-state index contributed by atoms with van der Waals surface area (Å²) in [6.45, 7) is 7.50. The third kappa shape index (κ3) is 5.01. The van der Waals surface area contributed by atoms with E-state index in [4.69, 9.17) is 4.74 Å². The summed E-state index contributed by atoms with van der Waals surface area (Å²) < 4.78 is 5.65. The van der Waals surface area contributed by atoms with Gasteiger partial charge in [-0.2, -0.15) is 0 Å². The molecule has 0 aromatic heterocycles. The van der Waals surface area contributed by atoms with Crippen molar-refractivity contribution in [1.29, 1.82) is 0 Å². The number of nitrogens with one attached hydrogen (secondary N) is 1. The molecule has 3 nitrogen and oxygen atoms in total. The first kappa shape index (κ1) is 16.3. The molecular formula is C18H30N2O. The number of benzene rings is 1. The Bertz CT molecular complexity index is 398. The summed E-state index contributed by atoms with van der Waals surface area (Å²) in [6.07, 6.45) is 5.05. The summed E-state index contributed by atoms with van der Waals surface area (Å²) in [4.78, 5) is 2.45. The lowest BCUT2D eigenvalue weighted by molar-refractivity contribution is 0.214. The molecule has 2 unspecified atom stereocenters. The Morgan fingerprint density at radius 1 is 1.29 bits per heavy atom. The molecule has 1 fully saturated rings. The van der Waals surface area contributed by atoms with Crippen LogP contribution in [0, 0.1) is 0 Å². The summed E-state index contributed by atoms with van der Waals surface area (Å²) in [5.74, 6) is 0.976. The smallest absolute Gasteiger partial charge is 0.119 e. The quantitative estimate of drug-likeness (QED) is 0.830.